The molecule has 0 saturated heterocycles. The Kier molecular flexibility index (Phi) is 4.15. The van der Waals surface area contributed by atoms with Gasteiger partial charge < -0.3 is 5.32 Å². The average Bonchev–Trinajstić information content (AvgIpc) is 2.63. The third-order valence-corrected chi connectivity index (χ3v) is 3.95. The van der Waals surface area contributed by atoms with Crippen LogP contribution in [0.15, 0.2) is 24.3 Å². The van der Waals surface area contributed by atoms with Crippen LogP contribution in [0, 0.1) is 6.92 Å². The van der Waals surface area contributed by atoms with E-state index in [9.17, 15) is 0 Å². The second-order valence-corrected chi connectivity index (χ2v) is 5.55. The first-order chi connectivity index (χ1) is 8.19. The quantitative estimate of drug-likeness (QED) is 0.917. The molecule has 17 heavy (non-hydrogen) atoms. The lowest BCUT2D eigenvalue weighted by molar-refractivity contribution is 0.822. The summed E-state index contributed by atoms with van der Waals surface area (Å²) in [5.74, 6) is 0. The highest BCUT2D eigenvalue weighted by Gasteiger charge is 2.07. The Bertz CT molecular complexity index is 491. The number of hydrogen-bond acceptors (Lipinski definition) is 3. The van der Waals surface area contributed by atoms with Gasteiger partial charge in [0.05, 0.1) is 10.7 Å². The molecule has 0 fully saturated rings. The minimum Gasteiger partial charge on any atom is -0.315 e. The van der Waals surface area contributed by atoms with Gasteiger partial charge in [0.2, 0.25) is 0 Å². The summed E-state index contributed by atoms with van der Waals surface area (Å²) in [4.78, 5) is 5.91. The molecule has 2 nitrogen and oxygen atoms in total. The summed E-state index contributed by atoms with van der Waals surface area (Å²) in [5, 5.41) is 5.10. The summed E-state index contributed by atoms with van der Waals surface area (Å²) in [6.45, 7) is 2.96. The molecule has 0 aliphatic rings. The lowest BCUT2D eigenvalue weighted by Crippen LogP contribution is -2.04. The monoisotopic (exact) mass is 266 g/mol. The van der Waals surface area contributed by atoms with E-state index in [2.05, 4.69) is 29.4 Å². The lowest BCUT2D eigenvalue weighted by atomic mass is 10.2. The molecule has 0 saturated carbocycles. The van der Waals surface area contributed by atoms with Crippen LogP contribution in [0.2, 0.25) is 5.02 Å². The molecule has 0 bridgehead atoms. The van der Waals surface area contributed by atoms with E-state index in [4.69, 9.17) is 11.6 Å². The zero-order valence-electron chi connectivity index (χ0n) is 9.96. The number of hydrogen-bond donors (Lipinski definition) is 1. The van der Waals surface area contributed by atoms with Crippen molar-refractivity contribution < 1.29 is 0 Å². The minimum absolute atomic E-state index is 0.778. The van der Waals surface area contributed by atoms with Crippen molar-refractivity contribution in [2.75, 3.05) is 7.05 Å². The van der Waals surface area contributed by atoms with Crippen molar-refractivity contribution in [2.24, 2.45) is 0 Å². The Morgan fingerprint density at radius 2 is 2.00 bits per heavy atom. The van der Waals surface area contributed by atoms with Gasteiger partial charge in [0, 0.05) is 22.9 Å². The van der Waals surface area contributed by atoms with Crippen LogP contribution in [0.5, 0.6) is 0 Å². The first-order valence-corrected chi connectivity index (χ1v) is 6.72. The smallest absolute Gasteiger partial charge is 0.0975 e. The molecule has 0 aliphatic carbocycles. The Labute approximate surface area is 111 Å². The largest absolute Gasteiger partial charge is 0.315 e. The Morgan fingerprint density at radius 1 is 1.29 bits per heavy atom. The highest BCUT2D eigenvalue weighted by Crippen LogP contribution is 2.21. The molecular weight excluding hydrogens is 252 g/mol. The van der Waals surface area contributed by atoms with E-state index in [1.807, 2.05) is 19.2 Å². The van der Waals surface area contributed by atoms with E-state index in [-0.39, 0.29) is 0 Å². The molecular formula is C13H15ClN2S. The van der Waals surface area contributed by atoms with E-state index in [0.717, 1.165) is 28.7 Å². The minimum atomic E-state index is 0.778. The number of aryl methyl sites for hydroxylation is 1. The number of nitrogens with zero attached hydrogens (tertiary/aromatic N) is 1. The first kappa shape index (κ1) is 12.6. The molecule has 2 aromatic rings. The number of rotatable bonds is 4. The molecule has 1 aromatic heterocycles. The van der Waals surface area contributed by atoms with Crippen LogP contribution in [0.25, 0.3) is 0 Å². The van der Waals surface area contributed by atoms with Crippen molar-refractivity contribution in [3.8, 4) is 0 Å². The van der Waals surface area contributed by atoms with Crippen molar-refractivity contribution in [2.45, 2.75) is 19.9 Å². The molecule has 1 aromatic carbocycles. The Morgan fingerprint density at radius 3 is 2.65 bits per heavy atom. The zero-order chi connectivity index (χ0) is 12.3. The van der Waals surface area contributed by atoms with Gasteiger partial charge in [-0.15, -0.1) is 11.3 Å². The van der Waals surface area contributed by atoms with Gasteiger partial charge >= 0.3 is 0 Å². The van der Waals surface area contributed by atoms with Crippen molar-refractivity contribution in [1.29, 1.82) is 0 Å². The van der Waals surface area contributed by atoms with Crippen LogP contribution in [0.4, 0.5) is 0 Å². The molecule has 0 atom stereocenters. The van der Waals surface area contributed by atoms with Crippen LogP contribution >= 0.6 is 22.9 Å². The van der Waals surface area contributed by atoms with E-state index in [0.29, 0.717) is 0 Å². The maximum atomic E-state index is 5.86. The standard InChI is InChI=1S/C13H15ClN2S/c1-9-12(8-15-2)17-13(16-9)7-10-3-5-11(14)6-4-10/h3-6,15H,7-8H2,1-2H3. The maximum absolute atomic E-state index is 5.86. The molecule has 1 N–H and O–H groups in total. The highest BCUT2D eigenvalue weighted by molar-refractivity contribution is 7.11. The van der Waals surface area contributed by atoms with Gasteiger partial charge in [-0.05, 0) is 31.7 Å². The normalized spacial score (nSPS) is 10.8. The highest BCUT2D eigenvalue weighted by atomic mass is 35.5. The van der Waals surface area contributed by atoms with Crippen molar-refractivity contribution in [3.63, 3.8) is 0 Å². The van der Waals surface area contributed by atoms with Gasteiger partial charge in [0.1, 0.15) is 0 Å². The van der Waals surface area contributed by atoms with Crippen LogP contribution in [0.3, 0.4) is 0 Å². The summed E-state index contributed by atoms with van der Waals surface area (Å²) in [6.07, 6.45) is 0.881. The third-order valence-electron chi connectivity index (χ3n) is 2.54. The maximum Gasteiger partial charge on any atom is 0.0975 e. The summed E-state index contributed by atoms with van der Waals surface area (Å²) in [6, 6.07) is 7.95. The Balaban J connectivity index is 2.13. The summed E-state index contributed by atoms with van der Waals surface area (Å²) < 4.78 is 0. The van der Waals surface area contributed by atoms with E-state index < -0.39 is 0 Å². The number of aromatic nitrogens is 1. The van der Waals surface area contributed by atoms with E-state index in [1.54, 1.807) is 11.3 Å². The molecule has 4 heteroatoms. The second-order valence-electron chi connectivity index (χ2n) is 3.95. The van der Waals surface area contributed by atoms with Crippen molar-refractivity contribution in [1.82, 2.24) is 10.3 Å². The van der Waals surface area contributed by atoms with E-state index in [1.165, 1.54) is 10.4 Å². The predicted octanol–water partition coefficient (Wildman–Crippen LogP) is 3.42. The zero-order valence-corrected chi connectivity index (χ0v) is 11.5. The third kappa shape index (κ3) is 3.28. The molecule has 1 heterocycles. The summed E-state index contributed by atoms with van der Waals surface area (Å²) in [5.41, 5.74) is 2.38. The fraction of sp³-hybridized carbons (Fsp3) is 0.308. The van der Waals surface area contributed by atoms with Gasteiger partial charge in [-0.3, -0.25) is 0 Å². The molecule has 0 unspecified atom stereocenters. The van der Waals surface area contributed by atoms with Gasteiger partial charge in [0.25, 0.3) is 0 Å². The summed E-state index contributed by atoms with van der Waals surface area (Å²) >= 11 is 7.64. The fourth-order valence-electron chi connectivity index (χ4n) is 1.67. The molecule has 0 radical (unpaired) electrons. The topological polar surface area (TPSA) is 24.9 Å². The summed E-state index contributed by atoms with van der Waals surface area (Å²) in [7, 11) is 1.96. The van der Waals surface area contributed by atoms with Crippen LogP contribution in [-0.4, -0.2) is 12.0 Å². The molecule has 90 valence electrons. The Hall–Kier alpha value is -0.900. The van der Waals surface area contributed by atoms with Crippen molar-refractivity contribution in [3.05, 3.63) is 50.4 Å². The van der Waals surface area contributed by atoms with Gasteiger partial charge in [-0.25, -0.2) is 4.98 Å². The fourth-order valence-corrected chi connectivity index (χ4v) is 2.91. The number of benzene rings is 1. The number of thiazole rings is 1. The van der Waals surface area contributed by atoms with Gasteiger partial charge in [0.15, 0.2) is 0 Å². The molecule has 0 amide bonds. The van der Waals surface area contributed by atoms with Crippen LogP contribution in [0.1, 0.15) is 21.1 Å². The van der Waals surface area contributed by atoms with Crippen molar-refractivity contribution >= 4 is 22.9 Å². The number of nitrogens with one attached hydrogen (secondary N) is 1. The average molecular weight is 267 g/mol. The molecule has 2 rings (SSSR count). The first-order valence-electron chi connectivity index (χ1n) is 5.53. The van der Waals surface area contributed by atoms with Gasteiger partial charge in [-0.2, -0.15) is 0 Å². The lowest BCUT2D eigenvalue weighted by Gasteiger charge is -1.97. The van der Waals surface area contributed by atoms with Crippen LogP contribution in [-0.2, 0) is 13.0 Å². The van der Waals surface area contributed by atoms with E-state index >= 15 is 0 Å². The van der Waals surface area contributed by atoms with Crippen LogP contribution < -0.4 is 5.32 Å². The van der Waals surface area contributed by atoms with Gasteiger partial charge in [-0.1, -0.05) is 23.7 Å². The predicted molar refractivity (Wildman–Crippen MR) is 73.9 cm³/mol. The molecule has 0 aliphatic heterocycles. The number of halogens is 1. The SMILES string of the molecule is CNCc1sc(Cc2ccc(Cl)cc2)nc1C. The molecule has 0 spiro atoms. The second kappa shape index (κ2) is 5.63.